The summed E-state index contributed by atoms with van der Waals surface area (Å²) in [5, 5.41) is 18.8. The molecule has 1 aliphatic carbocycles. The normalized spacial score (nSPS) is 14.7. The van der Waals surface area contributed by atoms with Crippen LogP contribution in [0.1, 0.15) is 42.6 Å². The first-order valence-corrected chi connectivity index (χ1v) is 11.0. The van der Waals surface area contributed by atoms with Crippen molar-refractivity contribution < 1.29 is 4.79 Å². The molecule has 2 aromatic heterocycles. The SMILES string of the molecule is O=C(Nc1ccc(Cl)cc1-c1nn[nH]n1)c1cc2ccccc2n1CC1CCCCC1. The number of aromatic nitrogens is 5. The number of rotatable bonds is 5. The molecule has 1 aliphatic rings. The summed E-state index contributed by atoms with van der Waals surface area (Å²) in [6.45, 7) is 0.856. The van der Waals surface area contributed by atoms with Crippen LogP contribution in [0.4, 0.5) is 5.69 Å². The lowest BCUT2D eigenvalue weighted by Gasteiger charge is -2.23. The van der Waals surface area contributed by atoms with E-state index in [-0.39, 0.29) is 5.91 Å². The molecule has 2 aromatic carbocycles. The Kier molecular flexibility index (Phi) is 5.42. The van der Waals surface area contributed by atoms with Crippen LogP contribution < -0.4 is 5.32 Å². The Morgan fingerprint density at radius 1 is 1.13 bits per heavy atom. The fraction of sp³-hybridized carbons (Fsp3) is 0.304. The molecule has 0 bridgehead atoms. The van der Waals surface area contributed by atoms with Crippen LogP contribution in [0.5, 0.6) is 0 Å². The molecule has 5 rings (SSSR count). The monoisotopic (exact) mass is 434 g/mol. The van der Waals surface area contributed by atoms with Gasteiger partial charge in [-0.25, -0.2) is 0 Å². The number of tetrazole rings is 1. The molecule has 0 unspecified atom stereocenters. The van der Waals surface area contributed by atoms with Crippen molar-refractivity contribution in [2.24, 2.45) is 5.92 Å². The predicted octanol–water partition coefficient (Wildman–Crippen LogP) is 5.31. The van der Waals surface area contributed by atoms with Gasteiger partial charge in [0.15, 0.2) is 0 Å². The van der Waals surface area contributed by atoms with Gasteiger partial charge in [0.2, 0.25) is 5.82 Å². The van der Waals surface area contributed by atoms with E-state index in [1.165, 1.54) is 32.1 Å². The summed E-state index contributed by atoms with van der Waals surface area (Å²) < 4.78 is 2.17. The highest BCUT2D eigenvalue weighted by atomic mass is 35.5. The number of halogens is 1. The van der Waals surface area contributed by atoms with Crippen LogP contribution in [0.15, 0.2) is 48.5 Å². The second-order valence-electron chi connectivity index (χ2n) is 8.08. The Morgan fingerprint density at radius 2 is 1.97 bits per heavy atom. The lowest BCUT2D eigenvalue weighted by atomic mass is 9.89. The largest absolute Gasteiger partial charge is 0.336 e. The van der Waals surface area contributed by atoms with Crippen LogP contribution in [0, 0.1) is 5.92 Å². The van der Waals surface area contributed by atoms with Gasteiger partial charge in [0.05, 0.1) is 5.69 Å². The number of H-pyrrole nitrogens is 1. The number of aromatic amines is 1. The van der Waals surface area contributed by atoms with Gasteiger partial charge in [-0.1, -0.05) is 49.1 Å². The number of fused-ring (bicyclic) bond motifs is 1. The topological polar surface area (TPSA) is 88.5 Å². The van der Waals surface area contributed by atoms with Gasteiger partial charge in [-0.05, 0) is 54.3 Å². The second-order valence-corrected chi connectivity index (χ2v) is 8.52. The highest BCUT2D eigenvalue weighted by molar-refractivity contribution is 6.31. The van der Waals surface area contributed by atoms with E-state index >= 15 is 0 Å². The van der Waals surface area contributed by atoms with Crippen LogP contribution in [-0.2, 0) is 6.54 Å². The quantitative estimate of drug-likeness (QED) is 0.445. The molecule has 8 heteroatoms. The maximum atomic E-state index is 13.4. The average Bonchev–Trinajstić information content (AvgIpc) is 3.45. The number of carbonyl (C=O) groups is 1. The maximum Gasteiger partial charge on any atom is 0.272 e. The van der Waals surface area contributed by atoms with E-state index < -0.39 is 0 Å². The zero-order chi connectivity index (χ0) is 21.2. The lowest BCUT2D eigenvalue weighted by Crippen LogP contribution is -2.21. The third-order valence-electron chi connectivity index (χ3n) is 6.02. The molecule has 0 saturated heterocycles. The van der Waals surface area contributed by atoms with Crippen molar-refractivity contribution in [3.05, 3.63) is 59.2 Å². The molecule has 1 amide bonds. The molecule has 4 aromatic rings. The Hall–Kier alpha value is -3.19. The molecule has 1 fully saturated rings. The number of anilines is 1. The van der Waals surface area contributed by atoms with Crippen LogP contribution in [0.25, 0.3) is 22.3 Å². The van der Waals surface area contributed by atoms with Crippen molar-refractivity contribution >= 4 is 34.1 Å². The van der Waals surface area contributed by atoms with Gasteiger partial charge in [0, 0.05) is 28.0 Å². The molecule has 0 aliphatic heterocycles. The van der Waals surface area contributed by atoms with E-state index in [9.17, 15) is 4.79 Å². The standard InChI is InChI=1S/C23H23ClN6O/c24-17-10-11-19(18(13-17)22-26-28-29-27-22)25-23(31)21-12-16-8-4-5-9-20(16)30(21)14-15-6-2-1-3-7-15/h4-5,8-13,15H,1-3,6-7,14H2,(H,25,31)(H,26,27,28,29). The Morgan fingerprint density at radius 3 is 2.77 bits per heavy atom. The minimum absolute atomic E-state index is 0.168. The third kappa shape index (κ3) is 4.05. The first-order valence-electron chi connectivity index (χ1n) is 10.6. The van der Waals surface area contributed by atoms with Gasteiger partial charge in [-0.3, -0.25) is 4.79 Å². The Labute approximate surface area is 184 Å². The zero-order valence-electron chi connectivity index (χ0n) is 17.0. The molecular weight excluding hydrogens is 412 g/mol. The zero-order valence-corrected chi connectivity index (χ0v) is 17.8. The number of benzene rings is 2. The van der Waals surface area contributed by atoms with Crippen molar-refractivity contribution in [2.75, 3.05) is 5.32 Å². The maximum absolute atomic E-state index is 13.4. The van der Waals surface area contributed by atoms with Crippen molar-refractivity contribution in [1.29, 1.82) is 0 Å². The van der Waals surface area contributed by atoms with Crippen molar-refractivity contribution in [3.63, 3.8) is 0 Å². The van der Waals surface area contributed by atoms with E-state index in [1.807, 2.05) is 18.2 Å². The van der Waals surface area contributed by atoms with Gasteiger partial charge >= 0.3 is 0 Å². The molecule has 0 spiro atoms. The number of carbonyl (C=O) groups excluding carboxylic acids is 1. The number of nitrogens with zero attached hydrogens (tertiary/aromatic N) is 4. The molecule has 158 valence electrons. The lowest BCUT2D eigenvalue weighted by molar-refractivity contribution is 0.101. The molecule has 7 nitrogen and oxygen atoms in total. The van der Waals surface area contributed by atoms with E-state index in [2.05, 4.69) is 42.6 Å². The molecule has 2 N–H and O–H groups in total. The first kappa shape index (κ1) is 19.8. The summed E-state index contributed by atoms with van der Waals surface area (Å²) >= 11 is 6.17. The molecule has 2 heterocycles. The fourth-order valence-electron chi connectivity index (χ4n) is 4.50. The van der Waals surface area contributed by atoms with Gasteiger partial charge in [-0.15, -0.1) is 10.2 Å². The van der Waals surface area contributed by atoms with E-state index in [4.69, 9.17) is 11.6 Å². The van der Waals surface area contributed by atoms with E-state index in [0.29, 0.717) is 33.7 Å². The van der Waals surface area contributed by atoms with Gasteiger partial charge in [0.25, 0.3) is 5.91 Å². The summed E-state index contributed by atoms with van der Waals surface area (Å²) in [6.07, 6.45) is 6.28. The minimum Gasteiger partial charge on any atom is -0.336 e. The molecule has 31 heavy (non-hydrogen) atoms. The smallest absolute Gasteiger partial charge is 0.272 e. The number of amides is 1. The summed E-state index contributed by atoms with van der Waals surface area (Å²) in [5.41, 5.74) is 2.95. The summed E-state index contributed by atoms with van der Waals surface area (Å²) in [5.74, 6) is 0.807. The van der Waals surface area contributed by atoms with Crippen molar-refractivity contribution in [1.82, 2.24) is 25.2 Å². The van der Waals surface area contributed by atoms with Crippen molar-refractivity contribution in [3.8, 4) is 11.4 Å². The second kappa shape index (κ2) is 8.51. The highest BCUT2D eigenvalue weighted by Gasteiger charge is 2.21. The number of hydrogen-bond donors (Lipinski definition) is 2. The van der Waals surface area contributed by atoms with E-state index in [1.54, 1.807) is 18.2 Å². The molecule has 0 atom stereocenters. The summed E-state index contributed by atoms with van der Waals surface area (Å²) in [7, 11) is 0. The average molecular weight is 435 g/mol. The van der Waals surface area contributed by atoms with Crippen LogP contribution in [-0.4, -0.2) is 31.1 Å². The third-order valence-corrected chi connectivity index (χ3v) is 6.26. The number of para-hydroxylation sites is 1. The number of hydrogen-bond acceptors (Lipinski definition) is 4. The highest BCUT2D eigenvalue weighted by Crippen LogP contribution is 2.31. The van der Waals surface area contributed by atoms with Crippen LogP contribution in [0.3, 0.4) is 0 Å². The van der Waals surface area contributed by atoms with E-state index in [0.717, 1.165) is 17.4 Å². The van der Waals surface area contributed by atoms with Gasteiger partial charge in [-0.2, -0.15) is 5.21 Å². The molecular formula is C23H23ClN6O. The van der Waals surface area contributed by atoms with Crippen LogP contribution >= 0.6 is 11.6 Å². The minimum atomic E-state index is -0.168. The van der Waals surface area contributed by atoms with Crippen LogP contribution in [0.2, 0.25) is 5.02 Å². The molecule has 0 radical (unpaired) electrons. The molecule has 1 saturated carbocycles. The predicted molar refractivity (Wildman–Crippen MR) is 121 cm³/mol. The first-order chi connectivity index (χ1) is 15.2. The van der Waals surface area contributed by atoms with Crippen molar-refractivity contribution in [2.45, 2.75) is 38.6 Å². The Bertz CT molecular complexity index is 1210. The fourth-order valence-corrected chi connectivity index (χ4v) is 4.67. The van der Waals surface area contributed by atoms with Gasteiger partial charge in [0.1, 0.15) is 5.69 Å². The van der Waals surface area contributed by atoms with Gasteiger partial charge < -0.3 is 9.88 Å². The Balaban J connectivity index is 1.50. The number of nitrogens with one attached hydrogen (secondary N) is 2. The summed E-state index contributed by atoms with van der Waals surface area (Å²) in [6, 6.07) is 15.4. The summed E-state index contributed by atoms with van der Waals surface area (Å²) in [4.78, 5) is 13.4.